The Balaban J connectivity index is 1.53. The zero-order chi connectivity index (χ0) is 17.2. The van der Waals surface area contributed by atoms with Gasteiger partial charge >= 0.3 is 6.03 Å². The van der Waals surface area contributed by atoms with Gasteiger partial charge in [0.25, 0.3) is 0 Å². The van der Waals surface area contributed by atoms with E-state index in [0.717, 1.165) is 36.8 Å². The first kappa shape index (κ1) is 16.5. The number of urea groups is 1. The minimum atomic E-state index is 0.0200. The van der Waals surface area contributed by atoms with Crippen molar-refractivity contribution in [1.29, 1.82) is 0 Å². The van der Waals surface area contributed by atoms with Crippen LogP contribution in [-0.2, 0) is 6.61 Å². The maximum atomic E-state index is 12.8. The molecule has 132 valence electrons. The number of hydrogen-bond acceptors (Lipinski definition) is 5. The van der Waals surface area contributed by atoms with Gasteiger partial charge in [-0.2, -0.15) is 0 Å². The van der Waals surface area contributed by atoms with E-state index < -0.39 is 0 Å². The van der Waals surface area contributed by atoms with Gasteiger partial charge in [-0.25, -0.2) is 14.5 Å². The van der Waals surface area contributed by atoms with Crippen LogP contribution in [0.1, 0.15) is 18.7 Å². The van der Waals surface area contributed by atoms with Crippen molar-refractivity contribution in [2.24, 2.45) is 0 Å². The summed E-state index contributed by atoms with van der Waals surface area (Å²) in [5.41, 5.74) is 0. The standard InChI is InChI=1S/C16H18ClN5O2S/c17-12-3-5-13(6-4-12)24-11-14-18-19-15-22(14)21(9-10-25-15)16(23)20-7-1-2-8-20/h3-6H,1-2,7-11H2. The molecule has 1 fully saturated rings. The molecular formula is C16H18ClN5O2S. The zero-order valence-electron chi connectivity index (χ0n) is 13.6. The van der Waals surface area contributed by atoms with Crippen molar-refractivity contribution in [2.45, 2.75) is 24.6 Å². The Bertz CT molecular complexity index is 760. The van der Waals surface area contributed by atoms with Crippen LogP contribution in [0.25, 0.3) is 0 Å². The third-order valence-corrected chi connectivity index (χ3v) is 5.38. The lowest BCUT2D eigenvalue weighted by molar-refractivity contribution is 0.206. The summed E-state index contributed by atoms with van der Waals surface area (Å²) < 4.78 is 7.58. The highest BCUT2D eigenvalue weighted by molar-refractivity contribution is 7.99. The second-order valence-corrected chi connectivity index (χ2v) is 7.40. The van der Waals surface area contributed by atoms with Crippen LogP contribution in [0.15, 0.2) is 29.4 Å². The van der Waals surface area contributed by atoms with Gasteiger partial charge in [0.15, 0.2) is 5.82 Å². The summed E-state index contributed by atoms with van der Waals surface area (Å²) in [6.45, 7) is 2.51. The molecule has 0 spiro atoms. The number of carbonyl (C=O) groups excluding carboxylic acids is 1. The Kier molecular flexibility index (Phi) is 4.72. The highest BCUT2D eigenvalue weighted by Crippen LogP contribution is 2.25. The molecule has 0 saturated carbocycles. The minimum Gasteiger partial charge on any atom is -0.486 e. The van der Waals surface area contributed by atoms with E-state index in [1.54, 1.807) is 45.7 Å². The molecule has 1 aromatic carbocycles. The second-order valence-electron chi connectivity index (χ2n) is 5.90. The van der Waals surface area contributed by atoms with Crippen LogP contribution in [0, 0.1) is 0 Å². The summed E-state index contributed by atoms with van der Waals surface area (Å²) in [6, 6.07) is 7.17. The predicted molar refractivity (Wildman–Crippen MR) is 95.8 cm³/mol. The van der Waals surface area contributed by atoms with Gasteiger partial charge in [-0.15, -0.1) is 10.2 Å². The first-order chi connectivity index (χ1) is 12.2. The fourth-order valence-electron chi connectivity index (χ4n) is 2.97. The molecule has 2 amide bonds. The van der Waals surface area contributed by atoms with Crippen molar-refractivity contribution in [1.82, 2.24) is 19.8 Å². The Labute approximate surface area is 154 Å². The van der Waals surface area contributed by atoms with Gasteiger partial charge in [0.1, 0.15) is 12.4 Å². The van der Waals surface area contributed by atoms with Gasteiger partial charge in [0.05, 0.1) is 6.54 Å². The third kappa shape index (κ3) is 3.41. The largest absolute Gasteiger partial charge is 0.486 e. The number of halogens is 1. The molecule has 2 aliphatic heterocycles. The molecule has 0 radical (unpaired) electrons. The van der Waals surface area contributed by atoms with Crippen molar-refractivity contribution in [3.63, 3.8) is 0 Å². The highest BCUT2D eigenvalue weighted by atomic mass is 35.5. The molecule has 0 bridgehead atoms. The molecule has 1 aromatic heterocycles. The van der Waals surface area contributed by atoms with Gasteiger partial charge in [-0.05, 0) is 37.1 Å². The number of carbonyl (C=O) groups is 1. The van der Waals surface area contributed by atoms with Crippen LogP contribution >= 0.6 is 23.4 Å². The fraction of sp³-hybridized carbons (Fsp3) is 0.438. The average molecular weight is 380 g/mol. The Hall–Kier alpha value is -1.93. The van der Waals surface area contributed by atoms with E-state index in [1.807, 2.05) is 4.90 Å². The van der Waals surface area contributed by atoms with E-state index in [-0.39, 0.29) is 12.6 Å². The number of amides is 2. The van der Waals surface area contributed by atoms with Crippen LogP contribution < -0.4 is 9.75 Å². The first-order valence-electron chi connectivity index (χ1n) is 8.24. The number of aromatic nitrogens is 3. The highest BCUT2D eigenvalue weighted by Gasteiger charge is 2.31. The van der Waals surface area contributed by atoms with Crippen LogP contribution in [0.4, 0.5) is 4.79 Å². The van der Waals surface area contributed by atoms with Gasteiger partial charge in [0.2, 0.25) is 5.16 Å². The molecule has 0 N–H and O–H groups in total. The lowest BCUT2D eigenvalue weighted by Crippen LogP contribution is -2.51. The topological polar surface area (TPSA) is 63.5 Å². The van der Waals surface area contributed by atoms with Gasteiger partial charge in [-0.3, -0.25) is 0 Å². The number of thioether (sulfide) groups is 1. The number of hydrogen-bond donors (Lipinski definition) is 0. The summed E-state index contributed by atoms with van der Waals surface area (Å²) in [5.74, 6) is 2.13. The number of fused-ring (bicyclic) bond motifs is 1. The molecule has 2 aliphatic rings. The summed E-state index contributed by atoms with van der Waals surface area (Å²) in [5, 5.41) is 11.5. The lowest BCUT2D eigenvalue weighted by atomic mass is 10.3. The normalized spacial score (nSPS) is 16.8. The first-order valence-corrected chi connectivity index (χ1v) is 9.61. The van der Waals surface area contributed by atoms with E-state index >= 15 is 0 Å². The van der Waals surface area contributed by atoms with Gasteiger partial charge in [-0.1, -0.05) is 23.4 Å². The van der Waals surface area contributed by atoms with Gasteiger partial charge < -0.3 is 9.64 Å². The van der Waals surface area contributed by atoms with Crippen molar-refractivity contribution in [3.8, 4) is 5.75 Å². The van der Waals surface area contributed by atoms with Crippen LogP contribution in [0.3, 0.4) is 0 Å². The summed E-state index contributed by atoms with van der Waals surface area (Å²) >= 11 is 7.49. The third-order valence-electron chi connectivity index (χ3n) is 4.23. The van der Waals surface area contributed by atoms with E-state index in [9.17, 15) is 4.79 Å². The summed E-state index contributed by atoms with van der Waals surface area (Å²) in [7, 11) is 0. The molecule has 0 unspecified atom stereocenters. The fourth-order valence-corrected chi connectivity index (χ4v) is 3.97. The number of rotatable bonds is 3. The molecule has 2 aromatic rings. The van der Waals surface area contributed by atoms with Crippen LogP contribution in [0.5, 0.6) is 5.75 Å². The molecule has 0 atom stereocenters. The second kappa shape index (κ2) is 7.13. The van der Waals surface area contributed by atoms with Crippen molar-refractivity contribution in [2.75, 3.05) is 30.4 Å². The smallest absolute Gasteiger partial charge is 0.339 e. The van der Waals surface area contributed by atoms with Crippen LogP contribution in [-0.4, -0.2) is 51.2 Å². The molecule has 1 saturated heterocycles. The molecule has 7 nitrogen and oxygen atoms in total. The maximum absolute atomic E-state index is 12.8. The molecule has 3 heterocycles. The zero-order valence-corrected chi connectivity index (χ0v) is 15.2. The van der Waals surface area contributed by atoms with Crippen molar-refractivity contribution in [3.05, 3.63) is 35.1 Å². The van der Waals surface area contributed by atoms with E-state index in [2.05, 4.69) is 10.2 Å². The Morgan fingerprint density at radius 1 is 1.16 bits per heavy atom. The Morgan fingerprint density at radius 2 is 1.92 bits per heavy atom. The molecule has 9 heteroatoms. The number of likely N-dealkylation sites (tertiary alicyclic amines) is 1. The predicted octanol–water partition coefficient (Wildman–Crippen LogP) is 2.77. The maximum Gasteiger partial charge on any atom is 0.339 e. The molecular weight excluding hydrogens is 362 g/mol. The number of nitrogens with zero attached hydrogens (tertiary/aromatic N) is 5. The Morgan fingerprint density at radius 3 is 2.68 bits per heavy atom. The van der Waals surface area contributed by atoms with E-state index in [0.29, 0.717) is 23.1 Å². The lowest BCUT2D eigenvalue weighted by Gasteiger charge is -2.32. The minimum absolute atomic E-state index is 0.0200. The number of ether oxygens (including phenoxy) is 1. The van der Waals surface area contributed by atoms with Crippen molar-refractivity contribution < 1.29 is 9.53 Å². The molecule has 25 heavy (non-hydrogen) atoms. The summed E-state index contributed by atoms with van der Waals surface area (Å²) in [6.07, 6.45) is 2.13. The van der Waals surface area contributed by atoms with E-state index in [4.69, 9.17) is 16.3 Å². The molecule has 0 aliphatic carbocycles. The average Bonchev–Trinajstić information content (AvgIpc) is 3.30. The van der Waals surface area contributed by atoms with Crippen LogP contribution in [0.2, 0.25) is 5.02 Å². The number of benzene rings is 1. The monoisotopic (exact) mass is 379 g/mol. The SMILES string of the molecule is O=C(N1CCCC1)N1CCSc2nnc(COc3ccc(Cl)cc3)n21. The van der Waals surface area contributed by atoms with Crippen molar-refractivity contribution >= 4 is 29.4 Å². The summed E-state index contributed by atoms with van der Waals surface area (Å²) in [4.78, 5) is 14.7. The van der Waals surface area contributed by atoms with E-state index in [1.165, 1.54) is 0 Å². The van der Waals surface area contributed by atoms with Gasteiger partial charge in [0, 0.05) is 23.9 Å². The quantitative estimate of drug-likeness (QED) is 0.820. The molecule has 4 rings (SSSR count).